The van der Waals surface area contributed by atoms with Crippen LogP contribution >= 0.6 is 0 Å². The summed E-state index contributed by atoms with van der Waals surface area (Å²) in [5, 5.41) is 0. The summed E-state index contributed by atoms with van der Waals surface area (Å²) in [6, 6.07) is 9.28. The second kappa shape index (κ2) is 26.0. The molecule has 0 bridgehead atoms. The van der Waals surface area contributed by atoms with Gasteiger partial charge >= 0.3 is 78.4 Å². The van der Waals surface area contributed by atoms with Crippen molar-refractivity contribution in [3.8, 4) is 0 Å². The Morgan fingerprint density at radius 2 is 0.863 bits per heavy atom. The second-order valence-electron chi connectivity index (χ2n) is 14.7. The first-order chi connectivity index (χ1) is 24.7. The molecular formula is C46H74N2O2Pd. The van der Waals surface area contributed by atoms with Gasteiger partial charge in [0.1, 0.15) is 0 Å². The maximum atomic E-state index is 11.9. The van der Waals surface area contributed by atoms with Crippen LogP contribution in [0.4, 0.5) is 0 Å². The van der Waals surface area contributed by atoms with Crippen LogP contribution in [-0.2, 0) is 38.5 Å². The number of hydrogen-bond acceptors (Lipinski definition) is 2. The fourth-order valence-electron chi connectivity index (χ4n) is 7.18. The standard InChI is InChI=1S/C38H56N2.2C4H9O.Pd/c1-9-12-15-18-20-34-27(4)23-32(24-28(34)5)37-31(8)36(22-17-14-11-3)38(40(37)39)33-25-29(6)35(30(7)26-33)21-19-16-13-10-2;2*1-2-3-4-5;/h23-26H,9-22H2,1-8H3;2*2-4H2,1H3;/q;2*-1;+2. The van der Waals surface area contributed by atoms with Gasteiger partial charge in [0.2, 0.25) is 11.4 Å². The molecular weight excluding hydrogens is 719 g/mol. The maximum absolute atomic E-state index is 11.9. The van der Waals surface area contributed by atoms with Crippen molar-refractivity contribution in [2.45, 2.75) is 185 Å². The number of hydrogen-bond donors (Lipinski definition) is 0. The molecule has 3 rings (SSSR count). The summed E-state index contributed by atoms with van der Waals surface area (Å²) in [7, 11) is 0. The van der Waals surface area contributed by atoms with E-state index >= 15 is 0 Å². The number of unbranched alkanes of at least 4 members (excludes halogenated alkanes) is 10. The van der Waals surface area contributed by atoms with Gasteiger partial charge in [-0.2, -0.15) is 0 Å². The van der Waals surface area contributed by atoms with Gasteiger partial charge in [-0.3, -0.25) is 0 Å². The first kappa shape index (κ1) is 45.3. The molecule has 0 aromatic heterocycles. The molecule has 0 radical (unpaired) electrons. The van der Waals surface area contributed by atoms with E-state index in [1.54, 1.807) is 0 Å². The molecule has 1 aliphatic rings. The van der Waals surface area contributed by atoms with Crippen LogP contribution in [0, 0.1) is 27.7 Å². The molecule has 5 heteroatoms. The Labute approximate surface area is 323 Å². The molecule has 0 saturated carbocycles. The molecule has 0 fully saturated rings. The van der Waals surface area contributed by atoms with E-state index in [9.17, 15) is 5.53 Å². The van der Waals surface area contributed by atoms with Crippen molar-refractivity contribution in [3.63, 3.8) is 0 Å². The number of benzene rings is 2. The topological polar surface area (TPSA) is 43.8 Å². The Hall–Kier alpha value is -1.90. The fourth-order valence-corrected chi connectivity index (χ4v) is 8.01. The van der Waals surface area contributed by atoms with Crippen molar-refractivity contribution < 1.29 is 30.3 Å². The van der Waals surface area contributed by atoms with Gasteiger partial charge in [-0.05, 0) is 131 Å². The molecule has 4 nitrogen and oxygen atoms in total. The van der Waals surface area contributed by atoms with Crippen LogP contribution in [0.25, 0.3) is 16.9 Å². The van der Waals surface area contributed by atoms with Crippen LogP contribution in [0.5, 0.6) is 0 Å². The summed E-state index contributed by atoms with van der Waals surface area (Å²) in [6.07, 6.45) is 21.8. The van der Waals surface area contributed by atoms with E-state index < -0.39 is 0 Å². The first-order valence-electron chi connectivity index (χ1n) is 20.6. The molecule has 0 aliphatic carbocycles. The Morgan fingerprint density at radius 3 is 1.27 bits per heavy atom. The van der Waals surface area contributed by atoms with E-state index in [0.717, 1.165) is 74.3 Å². The van der Waals surface area contributed by atoms with Crippen LogP contribution in [0.1, 0.15) is 189 Å². The number of rotatable bonds is 24. The van der Waals surface area contributed by atoms with Crippen LogP contribution in [0.15, 0.2) is 35.4 Å². The first-order valence-corrected chi connectivity index (χ1v) is 21.9. The van der Waals surface area contributed by atoms with E-state index in [4.69, 9.17) is 6.92 Å². The van der Waals surface area contributed by atoms with Gasteiger partial charge in [0.15, 0.2) is 0 Å². The van der Waals surface area contributed by atoms with E-state index in [2.05, 4.69) is 93.5 Å². The summed E-state index contributed by atoms with van der Waals surface area (Å²) in [6.45, 7) is 24.1. The summed E-state index contributed by atoms with van der Waals surface area (Å²) in [5.74, 6) is 0. The van der Waals surface area contributed by atoms with Gasteiger partial charge in [0, 0.05) is 22.3 Å². The zero-order valence-corrected chi connectivity index (χ0v) is 36.0. The molecule has 51 heavy (non-hydrogen) atoms. The van der Waals surface area contributed by atoms with E-state index in [-0.39, 0.29) is 18.7 Å². The van der Waals surface area contributed by atoms with Crippen molar-refractivity contribution in [1.29, 1.82) is 0 Å². The third-order valence-electron chi connectivity index (χ3n) is 10.2. The van der Waals surface area contributed by atoms with Crippen LogP contribution in [0.2, 0.25) is 0 Å². The Morgan fingerprint density at radius 1 is 0.490 bits per heavy atom. The minimum atomic E-state index is 0.0757. The second-order valence-corrected chi connectivity index (χ2v) is 15.9. The van der Waals surface area contributed by atoms with Gasteiger partial charge in [-0.15, -0.1) is 0 Å². The van der Waals surface area contributed by atoms with Crippen molar-refractivity contribution in [1.82, 2.24) is 0 Å². The average molecular weight is 794 g/mol. The average Bonchev–Trinajstić information content (AvgIpc) is 3.35. The number of aryl methyl sites for hydroxylation is 4. The summed E-state index contributed by atoms with van der Waals surface area (Å²) in [5.41, 5.74) is 27.0. The monoisotopic (exact) mass is 792 g/mol. The normalized spacial score (nSPS) is 13.1. The van der Waals surface area contributed by atoms with Gasteiger partial charge in [-0.1, -0.05) is 72.1 Å². The Bertz CT molecular complexity index is 1350. The summed E-state index contributed by atoms with van der Waals surface area (Å²) in [4.78, 5) is 0. The van der Waals surface area contributed by atoms with Crippen LogP contribution in [0.3, 0.4) is 0 Å². The van der Waals surface area contributed by atoms with Gasteiger partial charge in [-0.25, -0.2) is 4.70 Å². The molecule has 0 saturated heterocycles. The molecule has 0 unspecified atom stereocenters. The third-order valence-corrected chi connectivity index (χ3v) is 11.2. The molecule has 0 N–H and O–H groups in total. The molecule has 2 aromatic carbocycles. The third kappa shape index (κ3) is 14.8. The minimum absolute atomic E-state index is 0.0757. The van der Waals surface area contributed by atoms with Crippen molar-refractivity contribution in [3.05, 3.63) is 85.5 Å². The van der Waals surface area contributed by atoms with Gasteiger partial charge < -0.3 is 5.53 Å². The van der Waals surface area contributed by atoms with Crippen LogP contribution < -0.4 is 0 Å². The molecule has 1 aliphatic heterocycles. The zero-order valence-electron chi connectivity index (χ0n) is 34.5. The molecule has 0 spiro atoms. The quantitative estimate of drug-likeness (QED) is 0.0604. The van der Waals surface area contributed by atoms with E-state index in [0.29, 0.717) is 0 Å². The van der Waals surface area contributed by atoms with Crippen LogP contribution in [-0.4, -0.2) is 17.9 Å². The van der Waals surface area contributed by atoms with Crippen molar-refractivity contribution >= 4 is 11.4 Å². The Balaban J connectivity index is 0.000000705. The SMILES string of the molecule is CCCCCCc1c(C)cc(C2=C(C)C(CCCCC)=C(c3cc(C)c(CCCCCC)c(C)c3)[N+]2=[N-])cc1C.CCCC[O][Pd][O]CCCC. The van der Waals surface area contributed by atoms with Crippen molar-refractivity contribution in [2.75, 3.05) is 13.2 Å². The molecule has 0 amide bonds. The summed E-state index contributed by atoms with van der Waals surface area (Å²) < 4.78 is 12.0. The molecule has 0 atom stereocenters. The fraction of sp³-hybridized carbons (Fsp3) is 0.652. The number of nitrogens with zero attached hydrogens (tertiary/aromatic N) is 2. The molecule has 290 valence electrons. The zero-order chi connectivity index (χ0) is 37.6. The Kier molecular flexibility index (Phi) is 23.0. The van der Waals surface area contributed by atoms with Gasteiger partial charge in [0.25, 0.3) is 0 Å². The molecule has 1 heterocycles. The number of allylic oxidation sites excluding steroid dienone is 2. The van der Waals surface area contributed by atoms with Gasteiger partial charge in [0.05, 0.1) is 0 Å². The van der Waals surface area contributed by atoms with Crippen molar-refractivity contribution in [2.24, 2.45) is 0 Å². The van der Waals surface area contributed by atoms with E-state index in [1.807, 2.05) is 0 Å². The predicted octanol–water partition coefficient (Wildman–Crippen LogP) is 14.5. The predicted molar refractivity (Wildman–Crippen MR) is 217 cm³/mol. The molecule has 2 aromatic rings. The summed E-state index contributed by atoms with van der Waals surface area (Å²) >= 11 is 0.0757. The van der Waals surface area contributed by atoms with E-state index in [1.165, 1.54) is 126 Å².